The molecule has 0 aliphatic heterocycles. The Balaban J connectivity index is 1.44. The van der Waals surface area contributed by atoms with E-state index in [4.69, 9.17) is 9.47 Å². The van der Waals surface area contributed by atoms with Gasteiger partial charge in [0.2, 0.25) is 0 Å². The van der Waals surface area contributed by atoms with E-state index in [0.29, 0.717) is 32.4 Å². The van der Waals surface area contributed by atoms with Crippen LogP contribution in [0, 0.1) is 5.41 Å². The van der Waals surface area contributed by atoms with E-state index in [2.05, 4.69) is 96.3 Å². The van der Waals surface area contributed by atoms with Crippen molar-refractivity contribution in [3.05, 3.63) is 65.7 Å². The Morgan fingerprint density at radius 3 is 2.16 bits per heavy atom. The molecule has 206 valence electrons. The number of hydrogen-bond donors (Lipinski definition) is 1. The zero-order chi connectivity index (χ0) is 26.9. The quantitative estimate of drug-likeness (QED) is 0.230. The van der Waals surface area contributed by atoms with Crippen LogP contribution in [0.1, 0.15) is 84.3 Å². The van der Waals surface area contributed by atoms with E-state index >= 15 is 0 Å². The lowest BCUT2D eigenvalue weighted by molar-refractivity contribution is -0.950. The maximum Gasteiger partial charge on any atom is 0.126 e. The molecule has 1 saturated carbocycles. The van der Waals surface area contributed by atoms with E-state index in [1.165, 1.54) is 43.2 Å². The minimum Gasteiger partial charge on any atom is -0.491 e. The molecule has 4 heteroatoms. The number of quaternary nitrogens is 1. The van der Waals surface area contributed by atoms with E-state index < -0.39 is 6.10 Å². The topological polar surface area (TPSA) is 38.7 Å². The van der Waals surface area contributed by atoms with Crippen LogP contribution in [0.3, 0.4) is 0 Å². The summed E-state index contributed by atoms with van der Waals surface area (Å²) in [5.74, 6) is 0.865. The van der Waals surface area contributed by atoms with Gasteiger partial charge in [-0.25, -0.2) is 0 Å². The van der Waals surface area contributed by atoms with Crippen molar-refractivity contribution < 1.29 is 19.1 Å². The van der Waals surface area contributed by atoms with E-state index in [1.54, 1.807) is 0 Å². The van der Waals surface area contributed by atoms with Gasteiger partial charge in [0.05, 0.1) is 26.3 Å². The lowest BCUT2D eigenvalue weighted by Gasteiger charge is -2.44. The average molecular weight is 511 g/mol. The summed E-state index contributed by atoms with van der Waals surface area (Å²) in [5.41, 5.74) is 3.09. The first-order valence-corrected chi connectivity index (χ1v) is 14.3. The van der Waals surface area contributed by atoms with Crippen molar-refractivity contribution in [2.75, 3.05) is 33.4 Å². The van der Waals surface area contributed by atoms with Crippen LogP contribution in [0.25, 0.3) is 0 Å². The van der Waals surface area contributed by atoms with Gasteiger partial charge in [-0.3, -0.25) is 0 Å². The molecule has 2 aromatic rings. The number of nitrogens with zero attached hydrogens (tertiary/aromatic N) is 1. The zero-order valence-corrected chi connectivity index (χ0v) is 24.3. The number of likely N-dealkylation sites (N-methyl/N-ethyl adjacent to an activating group) is 1. The summed E-state index contributed by atoms with van der Waals surface area (Å²) in [5, 5.41) is 10.9. The van der Waals surface area contributed by atoms with Gasteiger partial charge in [-0.1, -0.05) is 83.5 Å². The summed E-state index contributed by atoms with van der Waals surface area (Å²) in [6, 6.07) is 19.8. The summed E-state index contributed by atoms with van der Waals surface area (Å²) in [6.07, 6.45) is 7.07. The minimum absolute atomic E-state index is 0.126. The third-order valence-electron chi connectivity index (χ3n) is 7.89. The second-order valence-corrected chi connectivity index (χ2v) is 13.3. The van der Waals surface area contributed by atoms with Crippen molar-refractivity contribution in [3.63, 3.8) is 0 Å². The first kappa shape index (κ1) is 29.7. The molecule has 1 unspecified atom stereocenters. The largest absolute Gasteiger partial charge is 0.491 e. The van der Waals surface area contributed by atoms with E-state index in [9.17, 15) is 5.11 Å². The van der Waals surface area contributed by atoms with Gasteiger partial charge < -0.3 is 19.1 Å². The Hall–Kier alpha value is -1.88. The number of ether oxygens (including phenoxy) is 2. The summed E-state index contributed by atoms with van der Waals surface area (Å²) in [6.45, 7) is 14.5. The Kier molecular flexibility index (Phi) is 10.6. The fourth-order valence-corrected chi connectivity index (χ4v) is 6.45. The molecule has 2 atom stereocenters. The fourth-order valence-electron chi connectivity index (χ4n) is 6.45. The highest BCUT2D eigenvalue weighted by molar-refractivity contribution is 5.31. The molecule has 0 aromatic heterocycles. The Morgan fingerprint density at radius 2 is 1.54 bits per heavy atom. The first-order valence-electron chi connectivity index (χ1n) is 14.3. The van der Waals surface area contributed by atoms with Gasteiger partial charge in [-0.2, -0.15) is 0 Å². The van der Waals surface area contributed by atoms with Crippen molar-refractivity contribution in [2.24, 2.45) is 5.41 Å². The second kappa shape index (κ2) is 13.3. The van der Waals surface area contributed by atoms with Crippen LogP contribution >= 0.6 is 0 Å². The molecular weight excluding hydrogens is 458 g/mol. The molecule has 4 nitrogen and oxygen atoms in total. The number of hydrogen-bond acceptors (Lipinski definition) is 3. The van der Waals surface area contributed by atoms with Gasteiger partial charge >= 0.3 is 0 Å². The molecule has 1 fully saturated rings. The van der Waals surface area contributed by atoms with Gasteiger partial charge in [0.1, 0.15) is 31.5 Å². The normalized spacial score (nSPS) is 17.8. The lowest BCUT2D eigenvalue weighted by atomic mass is 9.72. The highest BCUT2D eigenvalue weighted by atomic mass is 16.5. The van der Waals surface area contributed by atoms with Crippen LogP contribution in [0.2, 0.25) is 0 Å². The van der Waals surface area contributed by atoms with Gasteiger partial charge in [0, 0.05) is 5.56 Å². The van der Waals surface area contributed by atoms with Crippen LogP contribution in [0.4, 0.5) is 0 Å². The molecule has 1 aliphatic carbocycles. The fraction of sp³-hybridized carbons (Fsp3) is 0.636. The average Bonchev–Trinajstić information content (AvgIpc) is 2.84. The number of benzene rings is 2. The van der Waals surface area contributed by atoms with Gasteiger partial charge in [0.15, 0.2) is 0 Å². The molecule has 37 heavy (non-hydrogen) atoms. The van der Waals surface area contributed by atoms with Gasteiger partial charge in [0.25, 0.3) is 0 Å². The third-order valence-corrected chi connectivity index (χ3v) is 7.89. The van der Waals surface area contributed by atoms with Gasteiger partial charge in [-0.15, -0.1) is 0 Å². The minimum atomic E-state index is -0.486. The molecule has 2 aromatic carbocycles. The van der Waals surface area contributed by atoms with Crippen LogP contribution in [0.15, 0.2) is 54.6 Å². The van der Waals surface area contributed by atoms with E-state index in [1.807, 2.05) is 0 Å². The summed E-state index contributed by atoms with van der Waals surface area (Å²) >= 11 is 0. The standard InChI is InChI=1S/C33H52NO3/c1-32(2,3)26-33(4,5)28-17-19-31(20-18-28)37-22-21-36-25-30(35)24-34(6,29-15-11-8-12-16-29)23-27-13-9-7-10-14-27/h7,9-10,13-14,17-20,29-30,35H,8,11-12,15-16,21-26H2,1-6H3/q+1/t30-,34?/m0/s1. The first-order chi connectivity index (χ1) is 17.5. The molecule has 3 rings (SSSR count). The zero-order valence-electron chi connectivity index (χ0n) is 24.3. The molecule has 1 N–H and O–H groups in total. The maximum absolute atomic E-state index is 10.9. The third kappa shape index (κ3) is 9.74. The van der Waals surface area contributed by atoms with Crippen LogP contribution in [-0.2, 0) is 16.7 Å². The van der Waals surface area contributed by atoms with E-state index in [0.717, 1.165) is 23.2 Å². The number of aliphatic hydroxyl groups is 1. The molecular formula is C33H52NO3+. The molecule has 0 heterocycles. The van der Waals surface area contributed by atoms with Crippen molar-refractivity contribution in [1.29, 1.82) is 0 Å². The summed E-state index contributed by atoms with van der Waals surface area (Å²) in [7, 11) is 2.32. The summed E-state index contributed by atoms with van der Waals surface area (Å²) in [4.78, 5) is 0. The molecule has 0 amide bonds. The smallest absolute Gasteiger partial charge is 0.126 e. The predicted octanol–water partition coefficient (Wildman–Crippen LogP) is 7.14. The number of rotatable bonds is 13. The SMILES string of the molecule is CC(C)(C)CC(C)(C)c1ccc(OCCOC[C@@H](O)C[N+](C)(Cc2ccccc2)C2CCCCC2)cc1. The Labute approximate surface area is 226 Å². The molecule has 0 radical (unpaired) electrons. The molecule has 0 spiro atoms. The highest BCUT2D eigenvalue weighted by Gasteiger charge is 2.36. The lowest BCUT2D eigenvalue weighted by Crippen LogP contribution is -2.56. The molecule has 0 saturated heterocycles. The monoisotopic (exact) mass is 510 g/mol. The highest BCUT2D eigenvalue weighted by Crippen LogP contribution is 2.36. The van der Waals surface area contributed by atoms with Crippen molar-refractivity contribution in [3.8, 4) is 5.75 Å². The van der Waals surface area contributed by atoms with Gasteiger partial charge in [-0.05, 0) is 60.6 Å². The predicted molar refractivity (Wildman–Crippen MR) is 154 cm³/mol. The van der Waals surface area contributed by atoms with Crippen molar-refractivity contribution >= 4 is 0 Å². The molecule has 0 bridgehead atoms. The Morgan fingerprint density at radius 1 is 0.892 bits per heavy atom. The van der Waals surface area contributed by atoms with E-state index in [-0.39, 0.29) is 10.8 Å². The second-order valence-electron chi connectivity index (χ2n) is 13.3. The number of aliphatic hydroxyl groups excluding tert-OH is 1. The summed E-state index contributed by atoms with van der Waals surface area (Å²) < 4.78 is 12.6. The maximum atomic E-state index is 10.9. The molecule has 1 aliphatic rings. The van der Waals surface area contributed by atoms with Crippen LogP contribution < -0.4 is 4.74 Å². The van der Waals surface area contributed by atoms with Crippen LogP contribution in [-0.4, -0.2) is 55.1 Å². The van der Waals surface area contributed by atoms with Crippen molar-refractivity contribution in [1.82, 2.24) is 0 Å². The Bertz CT molecular complexity index is 913. The van der Waals surface area contributed by atoms with Crippen LogP contribution in [0.5, 0.6) is 5.75 Å². The van der Waals surface area contributed by atoms with Crippen molar-refractivity contribution in [2.45, 2.75) is 97.2 Å².